The SMILES string of the molecule is C=C[C@@H]1C[C@]1(NC(=O)[C@@H]1C[C@@H]2CN1C(=O)[C@H](C1CCCCC1)NC(=O)O[C@@H]1C[C@H]1CCCCCc1c(nc3ccccc3c1OC1CCNCC1)O2)C(=O)NS(=O)(=O)C1(C)CC1.O=C(O)C(F)(F)F. The molecule has 2 saturated heterocycles. The van der Waals surface area contributed by atoms with Gasteiger partial charge in [-0.25, -0.2) is 23.0 Å². The molecule has 9 rings (SSSR count). The molecule has 4 amide bonds. The number of benzene rings is 1. The monoisotopic (exact) mass is 988 g/mol. The Hall–Kier alpha value is -5.18. The predicted octanol–water partition coefficient (Wildman–Crippen LogP) is 5.59. The van der Waals surface area contributed by atoms with Gasteiger partial charge in [-0.2, -0.15) is 13.2 Å². The standard InChI is InChI=1S/C46H62N6O9S.C2HF3O2/c1-3-30-26-46(30,43(55)51-62(57,58)45(2)20-21-45)50-40(53)36-25-32-27-52(36)42(54)38(28-12-6-4-7-13-28)49-44(56)61-37-24-29(37)14-8-5-9-16-34-39(59-31-18-22-47-23-19-31)33-15-10-11-17-35(33)48-41(34)60-32;3-2(4,5)1(6)7/h3,10-11,15,17,28-32,36-38,47H,1,4-9,12-14,16,18-27H2,2H3,(H,49,56)(H,50,53)(H,51,55);(H,6,7)/t29-,30-,32-,36+,37-,38+,46-;/m1./s1. The fourth-order valence-electron chi connectivity index (χ4n) is 10.3. The van der Waals surface area contributed by atoms with Crippen LogP contribution in [0.2, 0.25) is 0 Å². The number of rotatable bonds is 9. The molecule has 0 spiro atoms. The number of fused-ring (bicyclic) bond motifs is 5. The highest BCUT2D eigenvalue weighted by Crippen LogP contribution is 2.48. The molecule has 4 aliphatic carbocycles. The third kappa shape index (κ3) is 11.4. The number of sulfonamides is 1. The van der Waals surface area contributed by atoms with Crippen molar-refractivity contribution in [1.82, 2.24) is 30.6 Å². The van der Waals surface area contributed by atoms with Crippen LogP contribution in [0.4, 0.5) is 18.0 Å². The van der Waals surface area contributed by atoms with Gasteiger partial charge in [-0.1, -0.05) is 50.3 Å². The van der Waals surface area contributed by atoms with Crippen LogP contribution in [-0.2, 0) is 40.4 Å². The topological polar surface area (TPSA) is 232 Å². The first-order valence-electron chi connectivity index (χ1n) is 24.4. The largest absolute Gasteiger partial charge is 0.490 e. The summed E-state index contributed by atoms with van der Waals surface area (Å²) < 4.78 is 79.1. The van der Waals surface area contributed by atoms with Gasteiger partial charge in [0, 0.05) is 17.7 Å². The third-order valence-electron chi connectivity index (χ3n) is 15.0. The Morgan fingerprint density at radius 2 is 1.64 bits per heavy atom. The summed E-state index contributed by atoms with van der Waals surface area (Å²) >= 11 is 0. The van der Waals surface area contributed by atoms with Gasteiger partial charge in [-0.15, -0.1) is 6.58 Å². The van der Waals surface area contributed by atoms with Crippen molar-refractivity contribution in [1.29, 1.82) is 0 Å². The highest BCUT2D eigenvalue weighted by atomic mass is 32.2. The summed E-state index contributed by atoms with van der Waals surface area (Å²) in [6.45, 7) is 7.19. The van der Waals surface area contributed by atoms with E-state index in [2.05, 4.69) is 27.3 Å². The van der Waals surface area contributed by atoms with E-state index in [1.54, 1.807) is 13.0 Å². The quantitative estimate of drug-likeness (QED) is 0.193. The molecule has 17 nitrogen and oxygen atoms in total. The van der Waals surface area contributed by atoms with Crippen molar-refractivity contribution >= 4 is 50.7 Å². The molecule has 21 heteroatoms. The fourth-order valence-corrected chi connectivity index (χ4v) is 11.6. The van der Waals surface area contributed by atoms with Crippen molar-refractivity contribution in [2.75, 3.05) is 19.6 Å². The highest BCUT2D eigenvalue weighted by molar-refractivity contribution is 7.91. The number of alkyl carbamates (subject to hydrolysis) is 1. The number of piperidine rings is 1. The van der Waals surface area contributed by atoms with E-state index >= 15 is 4.79 Å². The first kappa shape index (κ1) is 50.2. The van der Waals surface area contributed by atoms with E-state index in [0.29, 0.717) is 30.7 Å². The lowest BCUT2D eigenvalue weighted by Gasteiger charge is -2.34. The number of aliphatic carboxylic acids is 1. The number of carboxylic acid groups (broad SMARTS) is 1. The van der Waals surface area contributed by atoms with Crippen LogP contribution in [0.3, 0.4) is 0 Å². The minimum atomic E-state index is -5.08. The maximum Gasteiger partial charge on any atom is 0.490 e. The molecule has 4 saturated carbocycles. The Balaban J connectivity index is 0.000000853. The summed E-state index contributed by atoms with van der Waals surface area (Å²) in [5.41, 5.74) is 0.0168. The van der Waals surface area contributed by atoms with Crippen molar-refractivity contribution in [2.45, 2.75) is 163 Å². The van der Waals surface area contributed by atoms with E-state index in [4.69, 9.17) is 29.1 Å². The van der Waals surface area contributed by atoms with E-state index in [0.717, 1.165) is 107 Å². The second-order valence-electron chi connectivity index (χ2n) is 20.0. The number of amides is 4. The molecule has 2 bridgehead atoms. The third-order valence-corrected chi connectivity index (χ3v) is 17.2. The van der Waals surface area contributed by atoms with Gasteiger partial charge < -0.3 is 40.2 Å². The number of halogens is 3. The number of hydrogen-bond donors (Lipinski definition) is 5. The normalized spacial score (nSPS) is 29.7. The van der Waals surface area contributed by atoms with Crippen LogP contribution < -0.4 is 30.1 Å². The molecule has 6 fully saturated rings. The Bertz CT molecular complexity index is 2410. The zero-order chi connectivity index (χ0) is 49.3. The van der Waals surface area contributed by atoms with Gasteiger partial charge in [-0.05, 0) is 115 Å². The molecule has 0 unspecified atom stereocenters. The number of pyridine rings is 1. The summed E-state index contributed by atoms with van der Waals surface area (Å²) in [7, 11) is -4.00. The number of hydrogen-bond acceptors (Lipinski definition) is 12. The van der Waals surface area contributed by atoms with Crippen molar-refractivity contribution in [3.63, 3.8) is 0 Å². The lowest BCUT2D eigenvalue weighted by Crippen LogP contribution is -2.59. The molecule has 69 heavy (non-hydrogen) atoms. The fraction of sp³-hybridized carbons (Fsp3) is 0.667. The van der Waals surface area contributed by atoms with Gasteiger partial charge in [0.25, 0.3) is 5.91 Å². The number of nitrogens with zero attached hydrogens (tertiary/aromatic N) is 2. The molecule has 1 aromatic carbocycles. The van der Waals surface area contributed by atoms with Crippen LogP contribution in [0.15, 0.2) is 36.9 Å². The molecule has 5 N–H and O–H groups in total. The molecular weight excluding hydrogens is 926 g/mol. The van der Waals surface area contributed by atoms with Gasteiger partial charge in [0.05, 0.1) is 22.4 Å². The van der Waals surface area contributed by atoms with Crippen molar-refractivity contribution in [3.8, 4) is 11.6 Å². The number of carboxylic acids is 1. The Morgan fingerprint density at radius 3 is 2.29 bits per heavy atom. The maximum absolute atomic E-state index is 15.1. The van der Waals surface area contributed by atoms with Crippen LogP contribution in [0.25, 0.3) is 10.9 Å². The Labute approximate surface area is 399 Å². The molecular formula is C48H63F3N6O11S. The van der Waals surface area contributed by atoms with Crippen LogP contribution in [-0.4, -0.2) is 120 Å². The van der Waals surface area contributed by atoms with Crippen LogP contribution in [0, 0.1) is 17.8 Å². The van der Waals surface area contributed by atoms with Crippen molar-refractivity contribution in [3.05, 3.63) is 42.5 Å². The van der Waals surface area contributed by atoms with E-state index in [1.165, 1.54) is 4.90 Å². The Kier molecular flexibility index (Phi) is 14.8. The molecule has 4 heterocycles. The summed E-state index contributed by atoms with van der Waals surface area (Å²) in [5.74, 6) is -3.87. The van der Waals surface area contributed by atoms with Gasteiger partial charge in [0.15, 0.2) is 0 Å². The number of nitrogens with one attached hydrogen (secondary N) is 4. The molecule has 2 aromatic rings. The second-order valence-corrected chi connectivity index (χ2v) is 22.2. The first-order chi connectivity index (χ1) is 32.8. The molecule has 1 aromatic heterocycles. The van der Waals surface area contributed by atoms with E-state index in [1.807, 2.05) is 24.3 Å². The number of carbonyl (C=O) groups excluding carboxylic acids is 4. The molecule has 7 atom stereocenters. The zero-order valence-electron chi connectivity index (χ0n) is 38.8. The summed E-state index contributed by atoms with van der Waals surface area (Å²) in [6.07, 6.45) is 7.22. The number of para-hydroxylation sites is 1. The summed E-state index contributed by atoms with van der Waals surface area (Å²) in [4.78, 5) is 72.7. The smallest absolute Gasteiger partial charge is 0.489 e. The lowest BCUT2D eigenvalue weighted by molar-refractivity contribution is -0.192. The van der Waals surface area contributed by atoms with Crippen LogP contribution >= 0.6 is 0 Å². The zero-order valence-corrected chi connectivity index (χ0v) is 39.6. The Morgan fingerprint density at radius 1 is 0.971 bits per heavy atom. The molecule has 378 valence electrons. The minimum absolute atomic E-state index is 0.0107. The average molecular weight is 989 g/mol. The average Bonchev–Trinajstić information content (AvgIpc) is 4.28. The molecule has 7 aliphatic rings. The van der Waals surface area contributed by atoms with E-state index in [-0.39, 0.29) is 43.4 Å². The number of carbonyl (C=O) groups is 5. The number of ether oxygens (including phenoxy) is 3. The van der Waals surface area contributed by atoms with Gasteiger partial charge in [0.2, 0.25) is 27.7 Å². The maximum atomic E-state index is 15.1. The van der Waals surface area contributed by atoms with E-state index < -0.39 is 80.4 Å². The first-order valence-corrected chi connectivity index (χ1v) is 25.9. The van der Waals surface area contributed by atoms with Gasteiger partial charge >= 0.3 is 18.2 Å². The summed E-state index contributed by atoms with van der Waals surface area (Å²) in [5, 5.41) is 17.3. The number of aromatic nitrogens is 1. The predicted molar refractivity (Wildman–Crippen MR) is 244 cm³/mol. The van der Waals surface area contributed by atoms with E-state index in [9.17, 15) is 36.0 Å². The van der Waals surface area contributed by atoms with Gasteiger partial charge in [0.1, 0.15) is 41.7 Å². The minimum Gasteiger partial charge on any atom is -0.489 e. The van der Waals surface area contributed by atoms with Crippen LogP contribution in [0.1, 0.15) is 115 Å². The molecule has 0 radical (unpaired) electrons. The van der Waals surface area contributed by atoms with Gasteiger partial charge in [-0.3, -0.25) is 19.1 Å². The van der Waals surface area contributed by atoms with Crippen molar-refractivity contribution < 1.29 is 64.9 Å². The number of alkyl halides is 3. The second kappa shape index (κ2) is 20.3. The molecule has 3 aliphatic heterocycles. The van der Waals surface area contributed by atoms with Crippen LogP contribution in [0.5, 0.6) is 11.6 Å². The highest BCUT2D eigenvalue weighted by Gasteiger charge is 2.63. The van der Waals surface area contributed by atoms with Crippen molar-refractivity contribution in [2.24, 2.45) is 17.8 Å². The lowest BCUT2D eigenvalue weighted by atomic mass is 9.83. The summed E-state index contributed by atoms with van der Waals surface area (Å²) in [6, 6.07) is 5.82.